The van der Waals surface area contributed by atoms with Crippen LogP contribution < -0.4 is 5.32 Å². The fraction of sp³-hybridized carbons (Fsp3) is 0.350. The second-order valence-corrected chi connectivity index (χ2v) is 7.85. The second-order valence-electron chi connectivity index (χ2n) is 7.85. The molecule has 0 unspecified atom stereocenters. The second kappa shape index (κ2) is 6.33. The summed E-state index contributed by atoms with van der Waals surface area (Å²) in [5.74, 6) is -0.431. The number of amides is 1. The number of rotatable bonds is 3. The highest BCUT2D eigenvalue weighted by molar-refractivity contribution is 5.92. The number of nitrogens with zero attached hydrogens (tertiary/aromatic N) is 4. The summed E-state index contributed by atoms with van der Waals surface area (Å²) in [6.07, 6.45) is 5.07. The Balaban J connectivity index is 1.69. The number of nitrogens with one attached hydrogen (secondary N) is 1. The predicted octanol–water partition coefficient (Wildman–Crippen LogP) is 3.19. The number of carbonyl (C=O) groups is 1. The molecule has 0 saturated heterocycles. The van der Waals surface area contributed by atoms with Gasteiger partial charge in [-0.2, -0.15) is 10.2 Å². The Morgan fingerprint density at radius 1 is 1.22 bits per heavy atom. The van der Waals surface area contributed by atoms with E-state index >= 15 is 0 Å². The average molecular weight is 367 g/mol. The topological polar surface area (TPSA) is 64.7 Å². The van der Waals surface area contributed by atoms with Crippen molar-refractivity contribution in [1.29, 1.82) is 0 Å². The number of hydrogen-bond donors (Lipinski definition) is 1. The molecular weight excluding hydrogens is 345 g/mol. The molecule has 3 aromatic rings. The van der Waals surface area contributed by atoms with Gasteiger partial charge in [0.2, 0.25) is 0 Å². The molecule has 6 nitrogen and oxygen atoms in total. The lowest BCUT2D eigenvalue weighted by molar-refractivity contribution is 0.0909. The summed E-state index contributed by atoms with van der Waals surface area (Å²) >= 11 is 0. The maximum absolute atomic E-state index is 13.3. The molecule has 140 valence electrons. The van der Waals surface area contributed by atoms with Gasteiger partial charge in [0, 0.05) is 18.8 Å². The molecule has 0 saturated carbocycles. The third kappa shape index (κ3) is 3.25. The van der Waals surface area contributed by atoms with Crippen LogP contribution in [0.3, 0.4) is 0 Å². The number of halogens is 1. The average Bonchev–Trinajstić information content (AvgIpc) is 3.21. The van der Waals surface area contributed by atoms with Crippen molar-refractivity contribution in [2.24, 2.45) is 12.5 Å². The minimum atomic E-state index is -0.276. The fourth-order valence-corrected chi connectivity index (χ4v) is 3.80. The number of hydrogen-bond acceptors (Lipinski definition) is 3. The molecule has 0 radical (unpaired) electrons. The van der Waals surface area contributed by atoms with Gasteiger partial charge in [-0.3, -0.25) is 9.48 Å². The van der Waals surface area contributed by atoms with E-state index in [1.165, 1.54) is 12.1 Å². The largest absolute Gasteiger partial charge is 0.344 e. The van der Waals surface area contributed by atoms with Crippen LogP contribution in [0.25, 0.3) is 5.69 Å². The number of benzene rings is 1. The predicted molar refractivity (Wildman–Crippen MR) is 99.0 cm³/mol. The molecule has 1 aromatic carbocycles. The van der Waals surface area contributed by atoms with E-state index in [-0.39, 0.29) is 23.2 Å². The number of carbonyl (C=O) groups excluding carboxylic acids is 1. The number of aryl methyl sites for hydroxylation is 1. The minimum Gasteiger partial charge on any atom is -0.344 e. The van der Waals surface area contributed by atoms with Gasteiger partial charge in [0.15, 0.2) is 0 Å². The molecule has 1 aliphatic carbocycles. The van der Waals surface area contributed by atoms with E-state index in [1.54, 1.807) is 36.1 Å². The highest BCUT2D eigenvalue weighted by Crippen LogP contribution is 2.41. The summed E-state index contributed by atoms with van der Waals surface area (Å²) in [5, 5.41) is 11.7. The smallest absolute Gasteiger partial charge is 0.270 e. The van der Waals surface area contributed by atoms with E-state index in [0.29, 0.717) is 5.69 Å². The zero-order chi connectivity index (χ0) is 19.2. The maximum atomic E-state index is 13.3. The van der Waals surface area contributed by atoms with Crippen molar-refractivity contribution in [3.8, 4) is 5.69 Å². The Morgan fingerprint density at radius 3 is 2.63 bits per heavy atom. The Kier molecular flexibility index (Phi) is 4.09. The molecule has 7 heteroatoms. The van der Waals surface area contributed by atoms with E-state index in [0.717, 1.165) is 29.8 Å². The summed E-state index contributed by atoms with van der Waals surface area (Å²) in [4.78, 5) is 12.7. The first kappa shape index (κ1) is 17.5. The summed E-state index contributed by atoms with van der Waals surface area (Å²) in [7, 11) is 1.75. The van der Waals surface area contributed by atoms with Gasteiger partial charge in [0.25, 0.3) is 5.91 Å². The summed E-state index contributed by atoms with van der Waals surface area (Å²) in [6.45, 7) is 4.36. The van der Waals surface area contributed by atoms with Gasteiger partial charge in [0.1, 0.15) is 11.5 Å². The van der Waals surface area contributed by atoms with E-state index in [9.17, 15) is 9.18 Å². The molecule has 4 rings (SSSR count). The van der Waals surface area contributed by atoms with Gasteiger partial charge in [-0.25, -0.2) is 9.07 Å². The van der Waals surface area contributed by atoms with Crippen LogP contribution in [0.15, 0.2) is 42.7 Å². The molecule has 2 heterocycles. The third-order valence-corrected chi connectivity index (χ3v) is 5.11. The monoisotopic (exact) mass is 367 g/mol. The molecule has 2 aromatic heterocycles. The van der Waals surface area contributed by atoms with E-state index in [1.807, 2.05) is 10.9 Å². The summed E-state index contributed by atoms with van der Waals surface area (Å²) < 4.78 is 16.7. The molecule has 1 aliphatic rings. The molecule has 1 N–H and O–H groups in total. The van der Waals surface area contributed by atoms with Crippen molar-refractivity contribution in [2.75, 3.05) is 0 Å². The molecule has 1 amide bonds. The van der Waals surface area contributed by atoms with E-state index in [4.69, 9.17) is 0 Å². The molecule has 1 atom stereocenters. The molecule has 27 heavy (non-hydrogen) atoms. The van der Waals surface area contributed by atoms with Crippen molar-refractivity contribution < 1.29 is 9.18 Å². The van der Waals surface area contributed by atoms with Crippen molar-refractivity contribution in [3.05, 3.63) is 65.5 Å². The zero-order valence-corrected chi connectivity index (χ0v) is 15.6. The first-order chi connectivity index (χ1) is 12.8. The van der Waals surface area contributed by atoms with Crippen LogP contribution in [0.2, 0.25) is 0 Å². The fourth-order valence-electron chi connectivity index (χ4n) is 3.80. The van der Waals surface area contributed by atoms with Gasteiger partial charge in [-0.15, -0.1) is 0 Å². The van der Waals surface area contributed by atoms with Gasteiger partial charge in [0.05, 0.1) is 23.6 Å². The highest BCUT2D eigenvalue weighted by Gasteiger charge is 2.36. The Morgan fingerprint density at radius 2 is 1.96 bits per heavy atom. The van der Waals surface area contributed by atoms with Crippen LogP contribution in [0, 0.1) is 11.2 Å². The first-order valence-electron chi connectivity index (χ1n) is 8.96. The van der Waals surface area contributed by atoms with Crippen LogP contribution in [-0.2, 0) is 13.5 Å². The van der Waals surface area contributed by atoms with Gasteiger partial charge in [-0.05, 0) is 48.6 Å². The Hall–Kier alpha value is -2.96. The SMILES string of the molecule is Cn1nccc1C(=O)N[C@H]1CC(C)(C)Cc2c1cnn2-c1ccc(F)cc1. The van der Waals surface area contributed by atoms with Gasteiger partial charge in [-0.1, -0.05) is 13.8 Å². The highest BCUT2D eigenvalue weighted by atomic mass is 19.1. The van der Waals surface area contributed by atoms with Crippen LogP contribution in [0.1, 0.15) is 48.1 Å². The first-order valence-corrected chi connectivity index (χ1v) is 8.96. The van der Waals surface area contributed by atoms with Crippen LogP contribution in [-0.4, -0.2) is 25.5 Å². The number of aromatic nitrogens is 4. The van der Waals surface area contributed by atoms with Crippen molar-refractivity contribution in [3.63, 3.8) is 0 Å². The summed E-state index contributed by atoms with van der Waals surface area (Å²) in [6, 6.07) is 7.85. The van der Waals surface area contributed by atoms with Crippen LogP contribution >= 0.6 is 0 Å². The van der Waals surface area contributed by atoms with Gasteiger partial charge >= 0.3 is 0 Å². The Labute approximate surface area is 157 Å². The molecule has 0 aliphatic heterocycles. The van der Waals surface area contributed by atoms with E-state index < -0.39 is 0 Å². The Bertz CT molecular complexity index is 986. The maximum Gasteiger partial charge on any atom is 0.270 e. The normalized spacial score (nSPS) is 18.1. The van der Waals surface area contributed by atoms with Crippen LogP contribution in [0.4, 0.5) is 4.39 Å². The molecule has 0 spiro atoms. The molecule has 0 bridgehead atoms. The van der Waals surface area contributed by atoms with Gasteiger partial charge < -0.3 is 5.32 Å². The minimum absolute atomic E-state index is 0.00474. The van der Waals surface area contributed by atoms with Crippen LogP contribution in [0.5, 0.6) is 0 Å². The summed E-state index contributed by atoms with van der Waals surface area (Å²) in [5.41, 5.74) is 3.38. The van der Waals surface area contributed by atoms with Crippen molar-refractivity contribution in [1.82, 2.24) is 24.9 Å². The lowest BCUT2D eigenvalue weighted by Crippen LogP contribution is -2.37. The third-order valence-electron chi connectivity index (χ3n) is 5.11. The van der Waals surface area contributed by atoms with Crippen molar-refractivity contribution >= 4 is 5.91 Å². The molecular formula is C20H22FN5O. The number of fused-ring (bicyclic) bond motifs is 1. The van der Waals surface area contributed by atoms with E-state index in [2.05, 4.69) is 29.4 Å². The molecule has 0 fully saturated rings. The lowest BCUT2D eigenvalue weighted by Gasteiger charge is -2.36. The standard InChI is InChI=1S/C20H22FN5O/c1-20(2)10-16(24-19(27)17-8-9-22-25(17)3)15-12-23-26(18(15)11-20)14-6-4-13(21)5-7-14/h4-9,12,16H,10-11H2,1-3H3,(H,24,27)/t16-/m0/s1. The van der Waals surface area contributed by atoms with Crippen molar-refractivity contribution in [2.45, 2.75) is 32.7 Å². The zero-order valence-electron chi connectivity index (χ0n) is 15.6. The lowest BCUT2D eigenvalue weighted by atomic mass is 9.74. The quantitative estimate of drug-likeness (QED) is 0.773.